The molecule has 84 valence electrons. The topological polar surface area (TPSA) is 24.5 Å². The average molecular weight is 212 g/mol. The van der Waals surface area contributed by atoms with Gasteiger partial charge in [0.15, 0.2) is 6.61 Å². The van der Waals surface area contributed by atoms with Gasteiger partial charge >= 0.3 is 6.18 Å². The van der Waals surface area contributed by atoms with E-state index in [0.29, 0.717) is 0 Å². The van der Waals surface area contributed by atoms with Crippen LogP contribution in [-0.2, 0) is 4.84 Å². The number of hydrogen-bond donors (Lipinski definition) is 1. The van der Waals surface area contributed by atoms with Crippen LogP contribution >= 0.6 is 0 Å². The molecule has 0 aromatic heterocycles. The molecular formula is C8H15F3N2O. The highest BCUT2D eigenvalue weighted by molar-refractivity contribution is 4.72. The number of likely N-dealkylation sites (tertiary alicyclic amines) is 1. The molecule has 1 fully saturated rings. The van der Waals surface area contributed by atoms with Crippen LogP contribution in [0.1, 0.15) is 12.8 Å². The quantitative estimate of drug-likeness (QED) is 0.710. The van der Waals surface area contributed by atoms with Crippen molar-refractivity contribution >= 4 is 0 Å². The van der Waals surface area contributed by atoms with E-state index in [9.17, 15) is 13.2 Å². The SMILES string of the molecule is CN1CCC(NOCC(F)(F)F)CC1. The van der Waals surface area contributed by atoms with Crippen molar-refractivity contribution in [2.45, 2.75) is 25.1 Å². The van der Waals surface area contributed by atoms with Crippen LogP contribution in [0.3, 0.4) is 0 Å². The smallest absolute Gasteiger partial charge is 0.306 e. The maximum absolute atomic E-state index is 11.7. The van der Waals surface area contributed by atoms with E-state index in [2.05, 4.69) is 15.2 Å². The Morgan fingerprint density at radius 3 is 2.43 bits per heavy atom. The lowest BCUT2D eigenvalue weighted by Crippen LogP contribution is -2.41. The molecule has 3 nitrogen and oxygen atoms in total. The highest BCUT2D eigenvalue weighted by Crippen LogP contribution is 2.14. The van der Waals surface area contributed by atoms with Gasteiger partial charge in [0.05, 0.1) is 0 Å². The summed E-state index contributed by atoms with van der Waals surface area (Å²) in [5.74, 6) is 0. The fraction of sp³-hybridized carbons (Fsp3) is 1.00. The van der Waals surface area contributed by atoms with Crippen molar-refractivity contribution in [1.82, 2.24) is 10.4 Å². The predicted octanol–water partition coefficient (Wildman–Crippen LogP) is 1.16. The molecule has 14 heavy (non-hydrogen) atoms. The largest absolute Gasteiger partial charge is 0.413 e. The standard InChI is InChI=1S/C8H15F3N2O/c1-13-4-2-7(3-5-13)12-14-6-8(9,10)11/h7,12H,2-6H2,1H3. The summed E-state index contributed by atoms with van der Waals surface area (Å²) in [6.07, 6.45) is -2.60. The summed E-state index contributed by atoms with van der Waals surface area (Å²) in [5, 5.41) is 0. The Morgan fingerprint density at radius 1 is 1.36 bits per heavy atom. The number of hydroxylamine groups is 1. The lowest BCUT2D eigenvalue weighted by molar-refractivity contribution is -0.194. The van der Waals surface area contributed by atoms with Gasteiger partial charge in [-0.15, -0.1) is 0 Å². The van der Waals surface area contributed by atoms with Gasteiger partial charge in [0.25, 0.3) is 0 Å². The van der Waals surface area contributed by atoms with Crippen molar-refractivity contribution in [3.63, 3.8) is 0 Å². The molecule has 0 radical (unpaired) electrons. The van der Waals surface area contributed by atoms with Crippen LogP contribution < -0.4 is 5.48 Å². The Hall–Kier alpha value is -0.330. The zero-order valence-electron chi connectivity index (χ0n) is 8.10. The lowest BCUT2D eigenvalue weighted by Gasteiger charge is -2.29. The first-order valence-electron chi connectivity index (χ1n) is 4.60. The highest BCUT2D eigenvalue weighted by atomic mass is 19.4. The van der Waals surface area contributed by atoms with E-state index in [-0.39, 0.29) is 6.04 Å². The van der Waals surface area contributed by atoms with Gasteiger partial charge in [0, 0.05) is 6.04 Å². The highest BCUT2D eigenvalue weighted by Gasteiger charge is 2.28. The molecule has 1 heterocycles. The normalized spacial score (nSPS) is 21.4. The third-order valence-electron chi connectivity index (χ3n) is 2.20. The number of piperidine rings is 1. The van der Waals surface area contributed by atoms with Crippen LogP contribution in [0.25, 0.3) is 0 Å². The van der Waals surface area contributed by atoms with E-state index in [1.165, 1.54) is 0 Å². The second-order valence-corrected chi connectivity index (χ2v) is 3.60. The second-order valence-electron chi connectivity index (χ2n) is 3.60. The zero-order valence-corrected chi connectivity index (χ0v) is 8.10. The fourth-order valence-electron chi connectivity index (χ4n) is 1.37. The maximum atomic E-state index is 11.7. The molecule has 0 unspecified atom stereocenters. The molecule has 0 atom stereocenters. The minimum Gasteiger partial charge on any atom is -0.306 e. The molecule has 1 saturated heterocycles. The zero-order chi connectivity index (χ0) is 10.6. The number of rotatable bonds is 3. The maximum Gasteiger partial charge on any atom is 0.413 e. The molecule has 1 aliphatic rings. The number of nitrogens with one attached hydrogen (secondary N) is 1. The van der Waals surface area contributed by atoms with Crippen molar-refractivity contribution < 1.29 is 18.0 Å². The van der Waals surface area contributed by atoms with Gasteiger partial charge in [-0.1, -0.05) is 0 Å². The third-order valence-corrected chi connectivity index (χ3v) is 2.20. The van der Waals surface area contributed by atoms with Crippen molar-refractivity contribution in [2.24, 2.45) is 0 Å². The summed E-state index contributed by atoms with van der Waals surface area (Å²) in [6.45, 7) is 0.569. The van der Waals surface area contributed by atoms with Gasteiger partial charge in [-0.05, 0) is 33.0 Å². The molecule has 0 aromatic rings. The Kier molecular flexibility index (Phi) is 4.15. The molecule has 0 saturated carbocycles. The van der Waals surface area contributed by atoms with Gasteiger partial charge in [-0.2, -0.15) is 18.7 Å². The van der Waals surface area contributed by atoms with Crippen LogP contribution in [0.5, 0.6) is 0 Å². The van der Waals surface area contributed by atoms with Crippen LogP contribution in [0.4, 0.5) is 13.2 Å². The van der Waals surface area contributed by atoms with Crippen LogP contribution in [-0.4, -0.2) is 43.9 Å². The van der Waals surface area contributed by atoms with Crippen molar-refractivity contribution in [3.8, 4) is 0 Å². The number of halogens is 3. The first-order valence-corrected chi connectivity index (χ1v) is 4.60. The first-order chi connectivity index (χ1) is 6.47. The Labute approximate surface area is 81.2 Å². The first kappa shape index (κ1) is 11.7. The summed E-state index contributed by atoms with van der Waals surface area (Å²) in [5.41, 5.74) is 2.45. The molecule has 0 bridgehead atoms. The molecule has 0 aliphatic carbocycles. The van der Waals surface area contributed by atoms with Crippen molar-refractivity contribution in [2.75, 3.05) is 26.7 Å². The Bertz CT molecular complexity index is 166. The third kappa shape index (κ3) is 4.78. The average Bonchev–Trinajstić information content (AvgIpc) is 2.06. The molecule has 1 N–H and O–H groups in total. The summed E-state index contributed by atoms with van der Waals surface area (Å²) >= 11 is 0. The number of alkyl halides is 3. The van der Waals surface area contributed by atoms with Gasteiger partial charge in [-0.3, -0.25) is 4.84 Å². The minimum absolute atomic E-state index is 0.0496. The Balaban J connectivity index is 2.08. The van der Waals surface area contributed by atoms with Gasteiger partial charge in [0.2, 0.25) is 0 Å². The van der Waals surface area contributed by atoms with Crippen LogP contribution in [0, 0.1) is 0 Å². The molecule has 0 amide bonds. The number of hydrogen-bond acceptors (Lipinski definition) is 3. The van der Waals surface area contributed by atoms with E-state index >= 15 is 0 Å². The lowest BCUT2D eigenvalue weighted by atomic mass is 10.1. The molecule has 0 spiro atoms. The minimum atomic E-state index is -4.25. The molecule has 1 rings (SSSR count). The van der Waals surface area contributed by atoms with E-state index in [1.54, 1.807) is 0 Å². The van der Waals surface area contributed by atoms with Gasteiger partial charge in [0.1, 0.15) is 0 Å². The van der Waals surface area contributed by atoms with Crippen LogP contribution in [0.2, 0.25) is 0 Å². The summed E-state index contributed by atoms with van der Waals surface area (Å²) in [6, 6.07) is 0.0496. The van der Waals surface area contributed by atoms with Crippen molar-refractivity contribution in [1.29, 1.82) is 0 Å². The Morgan fingerprint density at radius 2 is 1.93 bits per heavy atom. The van der Waals surface area contributed by atoms with E-state index in [1.807, 2.05) is 7.05 Å². The van der Waals surface area contributed by atoms with Gasteiger partial charge in [-0.25, -0.2) is 0 Å². The number of nitrogens with zero attached hydrogens (tertiary/aromatic N) is 1. The summed E-state index contributed by atoms with van der Waals surface area (Å²) < 4.78 is 35.1. The summed E-state index contributed by atoms with van der Waals surface area (Å²) in [4.78, 5) is 6.52. The monoisotopic (exact) mass is 212 g/mol. The molecule has 0 aromatic carbocycles. The fourth-order valence-corrected chi connectivity index (χ4v) is 1.37. The molecular weight excluding hydrogens is 197 g/mol. The van der Waals surface area contributed by atoms with E-state index < -0.39 is 12.8 Å². The van der Waals surface area contributed by atoms with Crippen LogP contribution in [0.15, 0.2) is 0 Å². The van der Waals surface area contributed by atoms with E-state index in [0.717, 1.165) is 25.9 Å². The second kappa shape index (κ2) is 4.95. The van der Waals surface area contributed by atoms with Crippen molar-refractivity contribution in [3.05, 3.63) is 0 Å². The predicted molar refractivity (Wildman–Crippen MR) is 45.7 cm³/mol. The van der Waals surface area contributed by atoms with Gasteiger partial charge < -0.3 is 4.90 Å². The molecule has 6 heteroatoms. The molecule has 1 aliphatic heterocycles. The summed E-state index contributed by atoms with van der Waals surface area (Å²) in [7, 11) is 1.99. The van der Waals surface area contributed by atoms with E-state index in [4.69, 9.17) is 0 Å².